The summed E-state index contributed by atoms with van der Waals surface area (Å²) >= 11 is 0. The third-order valence-electron chi connectivity index (χ3n) is 3.06. The van der Waals surface area contributed by atoms with Gasteiger partial charge in [-0.3, -0.25) is 4.79 Å². The highest BCUT2D eigenvalue weighted by Crippen LogP contribution is 2.20. The summed E-state index contributed by atoms with van der Waals surface area (Å²) in [7, 11) is -3.20. The van der Waals surface area contributed by atoms with Crippen molar-refractivity contribution in [2.75, 3.05) is 12.3 Å². The molecular formula is C13H27NO4S. The molecule has 5 nitrogen and oxygen atoms in total. The highest BCUT2D eigenvalue weighted by Gasteiger charge is 2.17. The van der Waals surface area contributed by atoms with Gasteiger partial charge >= 0.3 is 5.97 Å². The molecule has 2 N–H and O–H groups in total. The molecule has 1 unspecified atom stereocenters. The Morgan fingerprint density at radius 3 is 2.16 bits per heavy atom. The van der Waals surface area contributed by atoms with E-state index in [9.17, 15) is 13.2 Å². The fourth-order valence-electron chi connectivity index (χ4n) is 2.02. The molecule has 0 aromatic heterocycles. The third kappa shape index (κ3) is 9.90. The van der Waals surface area contributed by atoms with E-state index < -0.39 is 16.0 Å². The van der Waals surface area contributed by atoms with Crippen molar-refractivity contribution >= 4 is 16.0 Å². The first kappa shape index (κ1) is 18.4. The smallest absolute Gasteiger partial charge is 0.303 e. The summed E-state index contributed by atoms with van der Waals surface area (Å²) in [5, 5.41) is 8.69. The zero-order valence-electron chi connectivity index (χ0n) is 12.3. The molecule has 0 heterocycles. The van der Waals surface area contributed by atoms with Crippen molar-refractivity contribution in [2.45, 2.75) is 47.0 Å². The van der Waals surface area contributed by atoms with Crippen LogP contribution in [0.3, 0.4) is 0 Å². The average Bonchev–Trinajstić information content (AvgIpc) is 2.19. The number of carboxylic acid groups (broad SMARTS) is 1. The normalized spacial score (nSPS) is 14.0. The number of hydrogen-bond acceptors (Lipinski definition) is 3. The predicted molar refractivity (Wildman–Crippen MR) is 76.4 cm³/mol. The van der Waals surface area contributed by atoms with Gasteiger partial charge in [-0.2, -0.15) is 0 Å². The Balaban J connectivity index is 4.16. The van der Waals surface area contributed by atoms with Crippen LogP contribution in [-0.4, -0.2) is 31.8 Å². The molecule has 0 aromatic carbocycles. The van der Waals surface area contributed by atoms with E-state index >= 15 is 0 Å². The molecule has 0 aliphatic rings. The van der Waals surface area contributed by atoms with Gasteiger partial charge in [0.1, 0.15) is 0 Å². The number of sulfonamides is 1. The zero-order chi connectivity index (χ0) is 15.1. The van der Waals surface area contributed by atoms with Crippen LogP contribution in [0.1, 0.15) is 47.0 Å². The highest BCUT2D eigenvalue weighted by atomic mass is 32.2. The Kier molecular flexibility index (Phi) is 8.25. The molecule has 1 atom stereocenters. The molecule has 6 heteroatoms. The standard InChI is InChI=1S/C13H27NO4S/c1-10(2)9-19(17,18)14-8-7-12(11(3)4)5-6-13(15)16/h10-12,14H,5-9H2,1-4H3,(H,15,16). The van der Waals surface area contributed by atoms with Crippen LogP contribution in [-0.2, 0) is 14.8 Å². The first-order chi connectivity index (χ1) is 8.64. The Labute approximate surface area is 116 Å². The molecule has 0 saturated carbocycles. The lowest BCUT2D eigenvalue weighted by atomic mass is 9.88. The maximum atomic E-state index is 11.7. The van der Waals surface area contributed by atoms with Crippen LogP contribution < -0.4 is 4.72 Å². The molecule has 0 amide bonds. The first-order valence-corrected chi connectivity index (χ1v) is 8.48. The molecule has 0 fully saturated rings. The van der Waals surface area contributed by atoms with Gasteiger partial charge in [0.05, 0.1) is 5.75 Å². The highest BCUT2D eigenvalue weighted by molar-refractivity contribution is 7.89. The second kappa shape index (κ2) is 8.53. The van der Waals surface area contributed by atoms with Gasteiger partial charge in [0, 0.05) is 13.0 Å². The van der Waals surface area contributed by atoms with Crippen LogP contribution in [0.25, 0.3) is 0 Å². The quantitative estimate of drug-likeness (QED) is 0.646. The lowest BCUT2D eigenvalue weighted by Crippen LogP contribution is -2.31. The Morgan fingerprint density at radius 2 is 1.74 bits per heavy atom. The van der Waals surface area contributed by atoms with Crippen molar-refractivity contribution in [1.82, 2.24) is 4.72 Å². The summed E-state index contributed by atoms with van der Waals surface area (Å²) < 4.78 is 25.9. The summed E-state index contributed by atoms with van der Waals surface area (Å²) in [6.45, 7) is 8.19. The van der Waals surface area contributed by atoms with Gasteiger partial charge in [-0.05, 0) is 30.6 Å². The van der Waals surface area contributed by atoms with Crippen LogP contribution in [0.4, 0.5) is 0 Å². The molecule has 0 bridgehead atoms. The van der Waals surface area contributed by atoms with Gasteiger partial charge in [0.2, 0.25) is 10.0 Å². The van der Waals surface area contributed by atoms with E-state index in [4.69, 9.17) is 5.11 Å². The second-order valence-corrected chi connectivity index (χ2v) is 7.65. The second-order valence-electron chi connectivity index (χ2n) is 5.79. The van der Waals surface area contributed by atoms with E-state index in [1.807, 2.05) is 27.7 Å². The van der Waals surface area contributed by atoms with E-state index in [1.54, 1.807) is 0 Å². The maximum absolute atomic E-state index is 11.7. The van der Waals surface area contributed by atoms with Crippen LogP contribution >= 0.6 is 0 Å². The average molecular weight is 293 g/mol. The molecule has 0 radical (unpaired) electrons. The first-order valence-electron chi connectivity index (χ1n) is 6.83. The Bertz CT molecular complexity index is 363. The van der Waals surface area contributed by atoms with Crippen molar-refractivity contribution in [2.24, 2.45) is 17.8 Å². The summed E-state index contributed by atoms with van der Waals surface area (Å²) in [5.41, 5.74) is 0. The van der Waals surface area contributed by atoms with Gasteiger partial charge in [-0.25, -0.2) is 13.1 Å². The molecule has 114 valence electrons. The molecule has 19 heavy (non-hydrogen) atoms. The Hall–Kier alpha value is -0.620. The van der Waals surface area contributed by atoms with Gasteiger partial charge in [0.15, 0.2) is 0 Å². The summed E-state index contributed by atoms with van der Waals surface area (Å²) in [4.78, 5) is 10.6. The van der Waals surface area contributed by atoms with Gasteiger partial charge in [-0.15, -0.1) is 0 Å². The van der Waals surface area contributed by atoms with Gasteiger partial charge in [0.25, 0.3) is 0 Å². The Morgan fingerprint density at radius 1 is 1.16 bits per heavy atom. The van der Waals surface area contributed by atoms with E-state index in [0.29, 0.717) is 25.3 Å². The lowest BCUT2D eigenvalue weighted by molar-refractivity contribution is -0.137. The van der Waals surface area contributed by atoms with Crippen molar-refractivity contribution in [3.05, 3.63) is 0 Å². The molecule has 0 aliphatic carbocycles. The topological polar surface area (TPSA) is 83.5 Å². The molecule has 0 rings (SSSR count). The zero-order valence-corrected chi connectivity index (χ0v) is 13.2. The number of carbonyl (C=O) groups is 1. The molecule has 0 spiro atoms. The largest absolute Gasteiger partial charge is 0.481 e. The van der Waals surface area contributed by atoms with Crippen LogP contribution in [0.2, 0.25) is 0 Å². The minimum Gasteiger partial charge on any atom is -0.481 e. The minimum absolute atomic E-state index is 0.102. The summed E-state index contributed by atoms with van der Waals surface area (Å²) in [6, 6.07) is 0. The number of nitrogens with one attached hydrogen (secondary N) is 1. The third-order valence-corrected chi connectivity index (χ3v) is 4.81. The van der Waals surface area contributed by atoms with Crippen LogP contribution in [0, 0.1) is 17.8 Å². The summed E-state index contributed by atoms with van der Waals surface area (Å²) in [5.74, 6) is 0.0253. The van der Waals surface area contributed by atoms with Crippen molar-refractivity contribution < 1.29 is 18.3 Å². The SMILES string of the molecule is CC(C)CS(=O)(=O)NCCC(CCC(=O)O)C(C)C. The van der Waals surface area contributed by atoms with E-state index in [1.165, 1.54) is 0 Å². The van der Waals surface area contributed by atoms with Gasteiger partial charge in [-0.1, -0.05) is 27.7 Å². The summed E-state index contributed by atoms with van der Waals surface area (Å²) in [6.07, 6.45) is 1.42. The molecular weight excluding hydrogens is 266 g/mol. The molecule has 0 aromatic rings. The maximum Gasteiger partial charge on any atom is 0.303 e. The van der Waals surface area contributed by atoms with Crippen LogP contribution in [0.15, 0.2) is 0 Å². The van der Waals surface area contributed by atoms with E-state index in [0.717, 1.165) is 0 Å². The number of aliphatic carboxylic acids is 1. The van der Waals surface area contributed by atoms with E-state index in [-0.39, 0.29) is 24.0 Å². The van der Waals surface area contributed by atoms with Crippen molar-refractivity contribution in [3.8, 4) is 0 Å². The predicted octanol–water partition coefficient (Wildman–Crippen LogP) is 2.09. The molecule has 0 saturated heterocycles. The number of hydrogen-bond donors (Lipinski definition) is 2. The monoisotopic (exact) mass is 293 g/mol. The fraction of sp³-hybridized carbons (Fsp3) is 0.923. The van der Waals surface area contributed by atoms with Crippen LogP contribution in [0.5, 0.6) is 0 Å². The number of rotatable bonds is 10. The number of carboxylic acids is 1. The molecule has 0 aliphatic heterocycles. The fourth-order valence-corrected chi connectivity index (χ4v) is 3.44. The minimum atomic E-state index is -3.20. The van der Waals surface area contributed by atoms with Gasteiger partial charge < -0.3 is 5.11 Å². The lowest BCUT2D eigenvalue weighted by Gasteiger charge is -2.20. The van der Waals surface area contributed by atoms with E-state index in [2.05, 4.69) is 4.72 Å². The van der Waals surface area contributed by atoms with Crippen molar-refractivity contribution in [1.29, 1.82) is 0 Å². The van der Waals surface area contributed by atoms with Crippen molar-refractivity contribution in [3.63, 3.8) is 0 Å².